The molecule has 0 aromatic heterocycles. The van der Waals surface area contributed by atoms with Gasteiger partial charge in [0.05, 0.1) is 0 Å². The first-order valence-electron chi connectivity index (χ1n) is 6.23. The van der Waals surface area contributed by atoms with E-state index in [9.17, 15) is 13.6 Å². The van der Waals surface area contributed by atoms with Gasteiger partial charge in [0.2, 0.25) is 0 Å². The minimum absolute atomic E-state index is 0.0173. The minimum Gasteiger partial charge on any atom is -0.481 e. The molecule has 0 bridgehead atoms. The van der Waals surface area contributed by atoms with Crippen LogP contribution in [0.5, 0.6) is 0 Å². The van der Waals surface area contributed by atoms with Crippen LogP contribution in [-0.4, -0.2) is 11.1 Å². The van der Waals surface area contributed by atoms with Crippen molar-refractivity contribution < 1.29 is 18.7 Å². The Balaban J connectivity index is 2.10. The lowest BCUT2D eigenvalue weighted by Gasteiger charge is -2.28. The second-order valence-corrected chi connectivity index (χ2v) is 4.99. The lowest BCUT2D eigenvalue weighted by atomic mass is 9.76. The first-order chi connectivity index (χ1) is 8.56. The van der Waals surface area contributed by atoms with Crippen LogP contribution in [0.4, 0.5) is 8.78 Å². The Kier molecular flexibility index (Phi) is 3.94. The van der Waals surface area contributed by atoms with Crippen LogP contribution in [0.15, 0.2) is 18.2 Å². The van der Waals surface area contributed by atoms with E-state index in [4.69, 9.17) is 5.11 Å². The molecule has 0 unspecified atom stereocenters. The maximum absolute atomic E-state index is 13.7. The van der Waals surface area contributed by atoms with Gasteiger partial charge in [0, 0.05) is 12.5 Å². The van der Waals surface area contributed by atoms with E-state index in [-0.39, 0.29) is 18.3 Å². The number of hydrogen-bond acceptors (Lipinski definition) is 1. The summed E-state index contributed by atoms with van der Waals surface area (Å²) in [6.45, 7) is 0. The quantitative estimate of drug-likeness (QED) is 0.892. The Morgan fingerprint density at radius 2 is 2.11 bits per heavy atom. The second kappa shape index (κ2) is 5.46. The summed E-state index contributed by atoms with van der Waals surface area (Å²) in [7, 11) is 0. The summed E-state index contributed by atoms with van der Waals surface area (Å²) in [5, 5.41) is 8.79. The molecule has 0 heterocycles. The Hall–Kier alpha value is -1.45. The van der Waals surface area contributed by atoms with Gasteiger partial charge in [-0.2, -0.15) is 0 Å². The summed E-state index contributed by atoms with van der Waals surface area (Å²) in [6, 6.07) is 3.65. The van der Waals surface area contributed by atoms with E-state index in [0.717, 1.165) is 25.3 Å². The van der Waals surface area contributed by atoms with Crippen LogP contribution in [0.1, 0.15) is 43.6 Å². The summed E-state index contributed by atoms with van der Waals surface area (Å²) >= 11 is 0. The normalized spacial score (nSPS) is 23.9. The molecule has 18 heavy (non-hydrogen) atoms. The Bertz CT molecular complexity index is 445. The zero-order valence-corrected chi connectivity index (χ0v) is 10.0. The maximum atomic E-state index is 13.7. The van der Waals surface area contributed by atoms with Gasteiger partial charge in [0.25, 0.3) is 0 Å². The molecule has 2 atom stereocenters. The lowest BCUT2D eigenvalue weighted by molar-refractivity contribution is -0.138. The highest BCUT2D eigenvalue weighted by atomic mass is 19.1. The van der Waals surface area contributed by atoms with Gasteiger partial charge in [0.1, 0.15) is 11.6 Å². The standard InChI is InChI=1S/C14H16F2O2/c15-11-4-5-12(13(16)8-11)10-3-1-2-9(6-10)7-14(17)18/h4-5,8-10H,1-3,6-7H2,(H,17,18)/t9-,10+/m1/s1. The molecule has 0 amide bonds. The summed E-state index contributed by atoms with van der Waals surface area (Å²) in [5.41, 5.74) is 0.520. The van der Waals surface area contributed by atoms with Crippen LogP contribution < -0.4 is 0 Å². The van der Waals surface area contributed by atoms with Gasteiger partial charge >= 0.3 is 5.97 Å². The Morgan fingerprint density at radius 1 is 1.33 bits per heavy atom. The van der Waals surface area contributed by atoms with Crippen molar-refractivity contribution in [1.82, 2.24) is 0 Å². The molecule has 0 spiro atoms. The lowest BCUT2D eigenvalue weighted by Crippen LogP contribution is -2.18. The van der Waals surface area contributed by atoms with Crippen molar-refractivity contribution in [3.63, 3.8) is 0 Å². The molecular formula is C14H16F2O2. The van der Waals surface area contributed by atoms with E-state index in [2.05, 4.69) is 0 Å². The fourth-order valence-corrected chi connectivity index (χ4v) is 2.84. The zero-order chi connectivity index (χ0) is 13.1. The molecule has 1 aliphatic carbocycles. The van der Waals surface area contributed by atoms with Gasteiger partial charge in [0.15, 0.2) is 0 Å². The van der Waals surface area contributed by atoms with Crippen LogP contribution in [0.25, 0.3) is 0 Å². The monoisotopic (exact) mass is 254 g/mol. The molecule has 4 heteroatoms. The molecule has 0 aliphatic heterocycles. The van der Waals surface area contributed by atoms with E-state index in [1.807, 2.05) is 0 Å². The van der Waals surface area contributed by atoms with Crippen molar-refractivity contribution in [3.05, 3.63) is 35.4 Å². The molecule has 2 rings (SSSR count). The molecule has 0 radical (unpaired) electrons. The van der Waals surface area contributed by atoms with Gasteiger partial charge in [-0.15, -0.1) is 0 Å². The van der Waals surface area contributed by atoms with E-state index in [1.54, 1.807) is 0 Å². The number of carbonyl (C=O) groups is 1. The van der Waals surface area contributed by atoms with Crippen molar-refractivity contribution >= 4 is 5.97 Å². The smallest absolute Gasteiger partial charge is 0.303 e. The van der Waals surface area contributed by atoms with Gasteiger partial charge in [-0.05, 0) is 42.7 Å². The van der Waals surface area contributed by atoms with Gasteiger partial charge in [-0.25, -0.2) is 8.78 Å². The van der Waals surface area contributed by atoms with Crippen molar-refractivity contribution in [2.45, 2.75) is 38.0 Å². The fraction of sp³-hybridized carbons (Fsp3) is 0.500. The Morgan fingerprint density at radius 3 is 2.78 bits per heavy atom. The molecule has 1 aromatic rings. The highest BCUT2D eigenvalue weighted by molar-refractivity contribution is 5.67. The van der Waals surface area contributed by atoms with Crippen LogP contribution >= 0.6 is 0 Å². The minimum atomic E-state index is -0.805. The molecule has 1 fully saturated rings. The third kappa shape index (κ3) is 3.06. The van der Waals surface area contributed by atoms with Gasteiger partial charge < -0.3 is 5.11 Å². The second-order valence-electron chi connectivity index (χ2n) is 4.99. The van der Waals surface area contributed by atoms with Crippen molar-refractivity contribution in [2.24, 2.45) is 5.92 Å². The summed E-state index contributed by atoms with van der Waals surface area (Å²) in [5.74, 6) is -1.78. The number of carboxylic acids is 1. The third-order valence-corrected chi connectivity index (χ3v) is 3.65. The maximum Gasteiger partial charge on any atom is 0.303 e. The molecular weight excluding hydrogens is 238 g/mol. The van der Waals surface area contributed by atoms with Crippen LogP contribution in [-0.2, 0) is 4.79 Å². The highest BCUT2D eigenvalue weighted by Gasteiger charge is 2.26. The van der Waals surface area contributed by atoms with Crippen LogP contribution in [0.3, 0.4) is 0 Å². The topological polar surface area (TPSA) is 37.3 Å². The predicted molar refractivity (Wildman–Crippen MR) is 63.3 cm³/mol. The average Bonchev–Trinajstić information content (AvgIpc) is 2.28. The van der Waals surface area contributed by atoms with E-state index < -0.39 is 17.6 Å². The summed E-state index contributed by atoms with van der Waals surface area (Å²) < 4.78 is 26.5. The predicted octanol–water partition coefficient (Wildman–Crippen LogP) is 3.71. The van der Waals surface area contributed by atoms with Crippen molar-refractivity contribution in [2.75, 3.05) is 0 Å². The molecule has 1 aliphatic rings. The number of rotatable bonds is 3. The number of benzene rings is 1. The van der Waals surface area contributed by atoms with E-state index in [0.29, 0.717) is 12.0 Å². The molecule has 0 saturated heterocycles. The zero-order valence-electron chi connectivity index (χ0n) is 10.0. The largest absolute Gasteiger partial charge is 0.481 e. The summed E-state index contributed by atoms with van der Waals surface area (Å²) in [4.78, 5) is 10.7. The Labute approximate surface area is 105 Å². The molecule has 1 N–H and O–H groups in total. The van der Waals surface area contributed by atoms with Crippen LogP contribution in [0.2, 0.25) is 0 Å². The first kappa shape index (κ1) is 13.0. The van der Waals surface area contributed by atoms with Crippen LogP contribution in [0, 0.1) is 17.6 Å². The SMILES string of the molecule is O=C(O)C[C@@H]1CCC[C@H](c2ccc(F)cc2F)C1. The number of aliphatic carboxylic acids is 1. The number of hydrogen-bond donors (Lipinski definition) is 1. The molecule has 1 aromatic carbocycles. The highest BCUT2D eigenvalue weighted by Crippen LogP contribution is 2.38. The molecule has 2 nitrogen and oxygen atoms in total. The number of halogens is 2. The first-order valence-corrected chi connectivity index (χ1v) is 6.23. The van der Waals surface area contributed by atoms with Gasteiger partial charge in [-0.3, -0.25) is 4.79 Å². The molecule has 1 saturated carbocycles. The average molecular weight is 254 g/mol. The molecule has 98 valence electrons. The van der Waals surface area contributed by atoms with E-state index >= 15 is 0 Å². The van der Waals surface area contributed by atoms with Crippen molar-refractivity contribution in [3.8, 4) is 0 Å². The summed E-state index contributed by atoms with van der Waals surface area (Å²) in [6.07, 6.45) is 3.44. The van der Waals surface area contributed by atoms with Crippen molar-refractivity contribution in [1.29, 1.82) is 0 Å². The van der Waals surface area contributed by atoms with E-state index in [1.165, 1.54) is 12.1 Å². The third-order valence-electron chi connectivity index (χ3n) is 3.65. The fourth-order valence-electron chi connectivity index (χ4n) is 2.84. The number of carboxylic acid groups (broad SMARTS) is 1. The van der Waals surface area contributed by atoms with Gasteiger partial charge in [-0.1, -0.05) is 12.5 Å².